The molecule has 0 unspecified atom stereocenters. The predicted octanol–water partition coefficient (Wildman–Crippen LogP) is 3.86. The normalized spacial score (nSPS) is 11.6. The third kappa shape index (κ3) is 4.42. The molecule has 3 aromatic rings. The van der Waals surface area contributed by atoms with Gasteiger partial charge in [0.15, 0.2) is 0 Å². The van der Waals surface area contributed by atoms with Crippen molar-refractivity contribution in [2.24, 2.45) is 5.73 Å². The lowest BCUT2D eigenvalue weighted by Crippen LogP contribution is -2.41. The Labute approximate surface area is 159 Å². The van der Waals surface area contributed by atoms with E-state index in [1.165, 1.54) is 4.90 Å². The van der Waals surface area contributed by atoms with Crippen LogP contribution in [-0.2, 0) is 11.3 Å². The van der Waals surface area contributed by atoms with Crippen molar-refractivity contribution in [1.82, 2.24) is 4.90 Å². The fourth-order valence-corrected chi connectivity index (χ4v) is 3.05. The summed E-state index contributed by atoms with van der Waals surface area (Å²) in [6.45, 7) is 2.30. The minimum atomic E-state index is -0.847. The van der Waals surface area contributed by atoms with Gasteiger partial charge in [-0.25, -0.2) is 0 Å². The third-order valence-corrected chi connectivity index (χ3v) is 4.45. The average molecular weight is 358 g/mol. The fourth-order valence-electron chi connectivity index (χ4n) is 3.05. The van der Waals surface area contributed by atoms with Gasteiger partial charge in [-0.15, -0.1) is 0 Å². The van der Waals surface area contributed by atoms with Crippen LogP contribution in [0.2, 0.25) is 0 Å². The van der Waals surface area contributed by atoms with E-state index < -0.39 is 11.9 Å². The molecule has 0 bridgehead atoms. The van der Waals surface area contributed by atoms with Crippen molar-refractivity contribution >= 4 is 11.8 Å². The van der Waals surface area contributed by atoms with Crippen molar-refractivity contribution in [1.29, 1.82) is 0 Å². The highest BCUT2D eigenvalue weighted by Gasteiger charge is 2.30. The van der Waals surface area contributed by atoms with Crippen LogP contribution in [0.1, 0.15) is 33.1 Å². The molecule has 0 heterocycles. The van der Waals surface area contributed by atoms with E-state index in [1.807, 2.05) is 67.6 Å². The first kappa shape index (κ1) is 18.4. The summed E-state index contributed by atoms with van der Waals surface area (Å²) in [4.78, 5) is 27.1. The van der Waals surface area contributed by atoms with Gasteiger partial charge in [-0.3, -0.25) is 9.59 Å². The van der Waals surface area contributed by atoms with E-state index >= 15 is 0 Å². The second-order valence-electron chi connectivity index (χ2n) is 6.50. The number of nitrogens with two attached hydrogens (primary N) is 1. The summed E-state index contributed by atoms with van der Waals surface area (Å²) in [5.74, 6) is -0.790. The van der Waals surface area contributed by atoms with Crippen LogP contribution in [0.4, 0.5) is 0 Å². The maximum atomic E-state index is 13.3. The topological polar surface area (TPSA) is 63.4 Å². The SMILES string of the molecule is Cc1ccc(CN(C(=O)c2ccccc2)[C@@H](C(N)=O)c2ccccc2)cc1. The van der Waals surface area contributed by atoms with Crippen molar-refractivity contribution in [2.75, 3.05) is 0 Å². The Morgan fingerprint density at radius 3 is 1.96 bits per heavy atom. The monoisotopic (exact) mass is 358 g/mol. The smallest absolute Gasteiger partial charge is 0.255 e. The molecular formula is C23H22N2O2. The van der Waals surface area contributed by atoms with Gasteiger partial charge in [-0.1, -0.05) is 78.4 Å². The summed E-state index contributed by atoms with van der Waals surface area (Å²) in [6, 6.07) is 25.2. The molecule has 1 atom stereocenters. The highest BCUT2D eigenvalue weighted by Crippen LogP contribution is 2.25. The molecule has 0 aliphatic heterocycles. The van der Waals surface area contributed by atoms with Crippen LogP contribution in [0.15, 0.2) is 84.9 Å². The first-order valence-electron chi connectivity index (χ1n) is 8.82. The maximum Gasteiger partial charge on any atom is 0.255 e. The second kappa shape index (κ2) is 8.32. The Kier molecular flexibility index (Phi) is 5.67. The van der Waals surface area contributed by atoms with Crippen LogP contribution in [0.3, 0.4) is 0 Å². The van der Waals surface area contributed by atoms with Gasteiger partial charge >= 0.3 is 0 Å². The molecule has 0 fully saturated rings. The summed E-state index contributed by atoms with van der Waals surface area (Å²) in [5.41, 5.74) is 9.02. The molecule has 4 nitrogen and oxygen atoms in total. The summed E-state index contributed by atoms with van der Waals surface area (Å²) < 4.78 is 0. The Morgan fingerprint density at radius 1 is 0.852 bits per heavy atom. The van der Waals surface area contributed by atoms with Crippen molar-refractivity contribution < 1.29 is 9.59 Å². The van der Waals surface area contributed by atoms with Crippen LogP contribution in [0, 0.1) is 6.92 Å². The molecule has 2 N–H and O–H groups in total. The minimum absolute atomic E-state index is 0.233. The maximum absolute atomic E-state index is 13.3. The predicted molar refractivity (Wildman–Crippen MR) is 106 cm³/mol. The van der Waals surface area contributed by atoms with Gasteiger partial charge in [-0.2, -0.15) is 0 Å². The zero-order valence-corrected chi connectivity index (χ0v) is 15.2. The lowest BCUT2D eigenvalue weighted by Gasteiger charge is -2.30. The molecular weight excluding hydrogens is 336 g/mol. The number of amides is 2. The number of carbonyl (C=O) groups is 2. The molecule has 3 aromatic carbocycles. The molecule has 27 heavy (non-hydrogen) atoms. The van der Waals surface area contributed by atoms with Crippen LogP contribution in [0.25, 0.3) is 0 Å². The Bertz CT molecular complexity index is 906. The molecule has 4 heteroatoms. The Morgan fingerprint density at radius 2 is 1.41 bits per heavy atom. The lowest BCUT2D eigenvalue weighted by molar-refractivity contribution is -0.122. The van der Waals surface area contributed by atoms with Crippen LogP contribution < -0.4 is 5.73 Å². The van der Waals surface area contributed by atoms with Crippen LogP contribution >= 0.6 is 0 Å². The van der Waals surface area contributed by atoms with E-state index in [9.17, 15) is 9.59 Å². The van der Waals surface area contributed by atoms with Crippen molar-refractivity contribution in [3.05, 3.63) is 107 Å². The number of nitrogens with zero attached hydrogens (tertiary/aromatic N) is 1. The number of carbonyl (C=O) groups excluding carboxylic acids is 2. The summed E-state index contributed by atoms with van der Waals surface area (Å²) >= 11 is 0. The number of primary amides is 1. The average Bonchev–Trinajstić information content (AvgIpc) is 2.70. The molecule has 136 valence electrons. The fraction of sp³-hybridized carbons (Fsp3) is 0.130. The van der Waals surface area contributed by atoms with Crippen molar-refractivity contribution in [3.63, 3.8) is 0 Å². The molecule has 0 saturated carbocycles. The van der Waals surface area contributed by atoms with Crippen LogP contribution in [0.5, 0.6) is 0 Å². The standard InChI is InChI=1S/C23H22N2O2/c1-17-12-14-18(15-13-17)16-25(23(27)20-10-6-3-7-11-20)21(22(24)26)19-8-4-2-5-9-19/h2-15,21H,16H2,1H3,(H2,24,26)/t21-/m1/s1. The van der Waals surface area contributed by atoms with Gasteiger partial charge in [0.1, 0.15) is 6.04 Å². The van der Waals surface area contributed by atoms with Gasteiger partial charge in [0.05, 0.1) is 0 Å². The molecule has 0 spiro atoms. The van der Waals surface area contributed by atoms with Crippen LogP contribution in [-0.4, -0.2) is 16.7 Å². The van der Waals surface area contributed by atoms with Gasteiger partial charge in [0.25, 0.3) is 5.91 Å². The van der Waals surface area contributed by atoms with E-state index in [1.54, 1.807) is 24.3 Å². The van der Waals surface area contributed by atoms with Crippen molar-refractivity contribution in [2.45, 2.75) is 19.5 Å². The highest BCUT2D eigenvalue weighted by molar-refractivity contribution is 5.97. The number of rotatable bonds is 6. The third-order valence-electron chi connectivity index (χ3n) is 4.45. The first-order valence-corrected chi connectivity index (χ1v) is 8.82. The molecule has 0 aliphatic carbocycles. The van der Waals surface area contributed by atoms with E-state index in [0.717, 1.165) is 11.1 Å². The summed E-state index contributed by atoms with van der Waals surface area (Å²) in [7, 11) is 0. The van der Waals surface area contributed by atoms with Gasteiger partial charge in [-0.05, 0) is 30.2 Å². The molecule has 0 aliphatic rings. The van der Waals surface area contributed by atoms with Gasteiger partial charge < -0.3 is 10.6 Å². The zero-order valence-electron chi connectivity index (χ0n) is 15.2. The van der Waals surface area contributed by atoms with Crippen molar-refractivity contribution in [3.8, 4) is 0 Å². The van der Waals surface area contributed by atoms with E-state index in [0.29, 0.717) is 11.1 Å². The molecule has 0 saturated heterocycles. The summed E-state index contributed by atoms with van der Waals surface area (Å²) in [6.07, 6.45) is 0. The quantitative estimate of drug-likeness (QED) is 0.727. The van der Waals surface area contributed by atoms with E-state index in [-0.39, 0.29) is 12.5 Å². The molecule has 2 amide bonds. The number of hydrogen-bond acceptors (Lipinski definition) is 2. The van der Waals surface area contributed by atoms with Gasteiger partial charge in [0.2, 0.25) is 5.91 Å². The Balaban J connectivity index is 2.03. The van der Waals surface area contributed by atoms with E-state index in [2.05, 4.69) is 0 Å². The van der Waals surface area contributed by atoms with Gasteiger partial charge in [0, 0.05) is 12.1 Å². The first-order chi connectivity index (χ1) is 13.1. The Hall–Kier alpha value is -3.40. The largest absolute Gasteiger partial charge is 0.368 e. The minimum Gasteiger partial charge on any atom is -0.368 e. The van der Waals surface area contributed by atoms with E-state index in [4.69, 9.17) is 5.73 Å². The highest BCUT2D eigenvalue weighted by atomic mass is 16.2. The lowest BCUT2D eigenvalue weighted by atomic mass is 10.0. The second-order valence-corrected chi connectivity index (χ2v) is 6.50. The molecule has 0 aromatic heterocycles. The number of benzene rings is 3. The number of aryl methyl sites for hydroxylation is 1. The molecule has 3 rings (SSSR count). The number of hydrogen-bond donors (Lipinski definition) is 1. The molecule has 0 radical (unpaired) electrons. The zero-order chi connectivity index (χ0) is 19.2. The summed E-state index contributed by atoms with van der Waals surface area (Å²) in [5, 5.41) is 0.